The number of nitro benzene ring substituents is 1. The van der Waals surface area contributed by atoms with Crippen LogP contribution in [0.2, 0.25) is 0 Å². The van der Waals surface area contributed by atoms with Crippen molar-refractivity contribution in [1.82, 2.24) is 0 Å². The molecule has 2 aromatic carbocycles. The molecule has 2 rings (SSSR count). The molecule has 132 valence electrons. The molecule has 1 amide bonds. The maximum absolute atomic E-state index is 12.1. The van der Waals surface area contributed by atoms with Crippen LogP contribution in [0.15, 0.2) is 40.9 Å². The van der Waals surface area contributed by atoms with Crippen molar-refractivity contribution in [3.63, 3.8) is 0 Å². The predicted octanol–water partition coefficient (Wildman–Crippen LogP) is 4.81. The number of nitrogens with zero attached hydrogens (tertiary/aromatic N) is 1. The molecule has 0 radical (unpaired) electrons. The van der Waals surface area contributed by atoms with Gasteiger partial charge in [0.1, 0.15) is 11.4 Å². The first kappa shape index (κ1) is 18.9. The van der Waals surface area contributed by atoms with Crippen molar-refractivity contribution in [1.29, 1.82) is 0 Å². The Bertz CT molecular complexity index is 806. The number of hydrogen-bond acceptors (Lipinski definition) is 4. The van der Waals surface area contributed by atoms with Gasteiger partial charge in [-0.2, -0.15) is 0 Å². The first-order valence-corrected chi connectivity index (χ1v) is 8.54. The minimum absolute atomic E-state index is 0.139. The van der Waals surface area contributed by atoms with Gasteiger partial charge in [-0.25, -0.2) is 0 Å². The lowest BCUT2D eigenvalue weighted by molar-refractivity contribution is -0.384. The molecule has 7 heteroatoms. The third-order valence-electron chi connectivity index (χ3n) is 3.58. The molecule has 0 heterocycles. The summed E-state index contributed by atoms with van der Waals surface area (Å²) in [5.41, 5.74) is 1.74. The number of nitrogens with one attached hydrogen (secondary N) is 1. The number of hydrogen-bond donors (Lipinski definition) is 1. The van der Waals surface area contributed by atoms with Crippen molar-refractivity contribution in [2.45, 2.75) is 26.7 Å². The average molecular weight is 407 g/mol. The zero-order valence-corrected chi connectivity index (χ0v) is 15.8. The number of ether oxygens (including phenoxy) is 1. The molecule has 0 aromatic heterocycles. The third kappa shape index (κ3) is 5.03. The lowest BCUT2D eigenvalue weighted by Crippen LogP contribution is -2.21. The van der Waals surface area contributed by atoms with Gasteiger partial charge in [-0.1, -0.05) is 35.8 Å². The Kier molecular flexibility index (Phi) is 6.14. The Morgan fingerprint density at radius 1 is 1.28 bits per heavy atom. The Hall–Kier alpha value is -2.41. The zero-order valence-electron chi connectivity index (χ0n) is 14.2. The van der Waals surface area contributed by atoms with Gasteiger partial charge in [0, 0.05) is 10.5 Å². The van der Waals surface area contributed by atoms with Gasteiger partial charge in [0.15, 0.2) is 6.61 Å². The van der Waals surface area contributed by atoms with Crippen LogP contribution in [-0.4, -0.2) is 17.4 Å². The maximum Gasteiger partial charge on any atom is 0.293 e. The summed E-state index contributed by atoms with van der Waals surface area (Å²) in [4.78, 5) is 22.7. The van der Waals surface area contributed by atoms with E-state index >= 15 is 0 Å². The number of carbonyl (C=O) groups excluding carboxylic acids is 1. The molecule has 25 heavy (non-hydrogen) atoms. The Morgan fingerprint density at radius 2 is 2.00 bits per heavy atom. The van der Waals surface area contributed by atoms with Crippen molar-refractivity contribution >= 4 is 33.2 Å². The molecule has 0 aliphatic carbocycles. The zero-order chi connectivity index (χ0) is 18.6. The topological polar surface area (TPSA) is 81.5 Å². The highest BCUT2D eigenvalue weighted by atomic mass is 79.9. The third-order valence-corrected chi connectivity index (χ3v) is 4.07. The van der Waals surface area contributed by atoms with Gasteiger partial charge in [-0.3, -0.25) is 14.9 Å². The smallest absolute Gasteiger partial charge is 0.293 e. The normalized spacial score (nSPS) is 10.6. The second-order valence-electron chi connectivity index (χ2n) is 5.95. The van der Waals surface area contributed by atoms with Crippen LogP contribution < -0.4 is 10.1 Å². The summed E-state index contributed by atoms with van der Waals surface area (Å²) >= 11 is 3.42. The summed E-state index contributed by atoms with van der Waals surface area (Å²) in [5.74, 6) is 0.394. The van der Waals surface area contributed by atoms with Gasteiger partial charge < -0.3 is 10.1 Å². The molecule has 0 aliphatic rings. The van der Waals surface area contributed by atoms with Gasteiger partial charge in [0.05, 0.1) is 4.92 Å². The van der Waals surface area contributed by atoms with Crippen LogP contribution in [0.1, 0.15) is 30.9 Å². The van der Waals surface area contributed by atoms with Gasteiger partial charge >= 0.3 is 0 Å². The van der Waals surface area contributed by atoms with E-state index in [1.54, 1.807) is 19.1 Å². The highest BCUT2D eigenvalue weighted by molar-refractivity contribution is 9.10. The highest BCUT2D eigenvalue weighted by Crippen LogP contribution is 2.30. The minimum Gasteiger partial charge on any atom is -0.483 e. The first-order valence-electron chi connectivity index (χ1n) is 7.75. The first-order chi connectivity index (χ1) is 11.8. The van der Waals surface area contributed by atoms with Crippen LogP contribution in [0.4, 0.5) is 11.4 Å². The molecule has 0 saturated carbocycles. The second-order valence-corrected chi connectivity index (χ2v) is 6.87. The standard InChI is InChI=1S/C18H19BrN2O4/c1-11(2)14-9-13(19)5-7-17(14)25-10-18(22)20-15-6-4-12(3)8-16(15)21(23)24/h4-9,11H,10H2,1-3H3,(H,20,22). The van der Waals surface area contributed by atoms with Crippen molar-refractivity contribution in [3.05, 3.63) is 62.1 Å². The van der Waals surface area contributed by atoms with E-state index < -0.39 is 10.8 Å². The fraction of sp³-hybridized carbons (Fsp3) is 0.278. The van der Waals surface area contributed by atoms with Gasteiger partial charge in [0.2, 0.25) is 0 Å². The molecule has 1 N–H and O–H groups in total. The van der Waals surface area contributed by atoms with E-state index in [2.05, 4.69) is 21.2 Å². The van der Waals surface area contributed by atoms with E-state index in [0.29, 0.717) is 5.75 Å². The van der Waals surface area contributed by atoms with Crippen LogP contribution in [0.3, 0.4) is 0 Å². The number of amides is 1. The van der Waals surface area contributed by atoms with E-state index in [1.807, 2.05) is 26.0 Å². The van der Waals surface area contributed by atoms with Gasteiger partial charge in [-0.15, -0.1) is 0 Å². The van der Waals surface area contributed by atoms with Crippen LogP contribution in [-0.2, 0) is 4.79 Å². The van der Waals surface area contributed by atoms with Gasteiger partial charge in [-0.05, 0) is 48.2 Å². The molecule has 0 atom stereocenters. The van der Waals surface area contributed by atoms with E-state index in [4.69, 9.17) is 4.74 Å². The molecular weight excluding hydrogens is 388 g/mol. The van der Waals surface area contributed by atoms with Crippen LogP contribution in [0, 0.1) is 17.0 Å². The lowest BCUT2D eigenvalue weighted by atomic mass is 10.0. The maximum atomic E-state index is 12.1. The molecule has 0 aliphatic heterocycles. The summed E-state index contributed by atoms with van der Waals surface area (Å²) in [6.45, 7) is 5.59. The summed E-state index contributed by atoms with van der Waals surface area (Å²) in [6.07, 6.45) is 0. The van der Waals surface area contributed by atoms with Crippen LogP contribution in [0.25, 0.3) is 0 Å². The minimum atomic E-state index is -0.519. The fourth-order valence-corrected chi connectivity index (χ4v) is 2.71. The number of aryl methyl sites for hydroxylation is 1. The summed E-state index contributed by atoms with van der Waals surface area (Å²) in [7, 11) is 0. The monoisotopic (exact) mass is 406 g/mol. The highest BCUT2D eigenvalue weighted by Gasteiger charge is 2.17. The molecule has 0 saturated heterocycles. The van der Waals surface area contributed by atoms with Crippen molar-refractivity contribution in [3.8, 4) is 5.75 Å². The van der Waals surface area contributed by atoms with E-state index in [1.165, 1.54) is 12.1 Å². The number of benzene rings is 2. The molecule has 0 spiro atoms. The predicted molar refractivity (Wildman–Crippen MR) is 100 cm³/mol. The molecule has 2 aromatic rings. The van der Waals surface area contributed by atoms with Crippen molar-refractivity contribution < 1.29 is 14.5 Å². The number of rotatable bonds is 6. The fourth-order valence-electron chi connectivity index (χ4n) is 2.33. The average Bonchev–Trinajstić information content (AvgIpc) is 2.55. The number of nitro groups is 1. The molecule has 0 fully saturated rings. The molecule has 6 nitrogen and oxygen atoms in total. The Labute approximate surface area is 154 Å². The largest absolute Gasteiger partial charge is 0.483 e. The van der Waals surface area contributed by atoms with Gasteiger partial charge in [0.25, 0.3) is 11.6 Å². The summed E-state index contributed by atoms with van der Waals surface area (Å²) in [5, 5.41) is 13.6. The summed E-state index contributed by atoms with van der Waals surface area (Å²) < 4.78 is 6.54. The Balaban J connectivity index is 2.09. The van der Waals surface area contributed by atoms with E-state index in [0.717, 1.165) is 15.6 Å². The Morgan fingerprint density at radius 3 is 2.64 bits per heavy atom. The quantitative estimate of drug-likeness (QED) is 0.551. The summed E-state index contributed by atoms with van der Waals surface area (Å²) in [6, 6.07) is 10.2. The molecule has 0 unspecified atom stereocenters. The van der Waals surface area contributed by atoms with Crippen LogP contribution >= 0.6 is 15.9 Å². The van der Waals surface area contributed by atoms with Crippen molar-refractivity contribution in [2.75, 3.05) is 11.9 Å². The second kappa shape index (κ2) is 8.11. The molecular formula is C18H19BrN2O4. The van der Waals surface area contributed by atoms with E-state index in [-0.39, 0.29) is 23.9 Å². The number of carbonyl (C=O) groups is 1. The van der Waals surface area contributed by atoms with Crippen LogP contribution in [0.5, 0.6) is 5.75 Å². The number of anilines is 1. The molecule has 0 bridgehead atoms. The SMILES string of the molecule is Cc1ccc(NC(=O)COc2ccc(Br)cc2C(C)C)c([N+](=O)[O-])c1. The number of halogens is 1. The lowest BCUT2D eigenvalue weighted by Gasteiger charge is -2.14. The van der Waals surface area contributed by atoms with E-state index in [9.17, 15) is 14.9 Å². The van der Waals surface area contributed by atoms with Crippen molar-refractivity contribution in [2.24, 2.45) is 0 Å².